The average molecular weight is 297 g/mol. The molecule has 1 aliphatic heterocycles. The highest BCUT2D eigenvalue weighted by molar-refractivity contribution is 5.82. The SMILES string of the molecule is CC(C)(C)NCC(C)(C)NC(=O)C1CCCN1C(C)(C)C. The second kappa shape index (κ2) is 6.25. The first kappa shape index (κ1) is 18.4. The number of nitrogens with one attached hydrogen (secondary N) is 2. The van der Waals surface area contributed by atoms with E-state index in [0.29, 0.717) is 0 Å². The van der Waals surface area contributed by atoms with Gasteiger partial charge in [-0.1, -0.05) is 0 Å². The average Bonchev–Trinajstić information content (AvgIpc) is 2.73. The van der Waals surface area contributed by atoms with Crippen LogP contribution >= 0.6 is 0 Å². The van der Waals surface area contributed by atoms with Gasteiger partial charge in [0.05, 0.1) is 6.04 Å². The zero-order chi connectivity index (χ0) is 16.5. The van der Waals surface area contributed by atoms with E-state index < -0.39 is 0 Å². The number of carbonyl (C=O) groups is 1. The predicted molar refractivity (Wildman–Crippen MR) is 89.5 cm³/mol. The number of hydrogen-bond donors (Lipinski definition) is 2. The minimum Gasteiger partial charge on any atom is -0.349 e. The van der Waals surface area contributed by atoms with Gasteiger partial charge < -0.3 is 10.6 Å². The van der Waals surface area contributed by atoms with Crippen LogP contribution in [0.25, 0.3) is 0 Å². The molecule has 1 rings (SSSR count). The van der Waals surface area contributed by atoms with Crippen LogP contribution in [0.2, 0.25) is 0 Å². The van der Waals surface area contributed by atoms with E-state index in [1.807, 2.05) is 0 Å². The zero-order valence-electron chi connectivity index (χ0n) is 15.3. The highest BCUT2D eigenvalue weighted by Crippen LogP contribution is 2.26. The van der Waals surface area contributed by atoms with Crippen molar-refractivity contribution in [2.24, 2.45) is 0 Å². The molecule has 0 aromatic rings. The van der Waals surface area contributed by atoms with Crippen LogP contribution in [0.4, 0.5) is 0 Å². The Kier molecular flexibility index (Phi) is 5.49. The fourth-order valence-electron chi connectivity index (χ4n) is 2.79. The van der Waals surface area contributed by atoms with Gasteiger partial charge in [0.2, 0.25) is 5.91 Å². The molecular formula is C17H35N3O. The van der Waals surface area contributed by atoms with E-state index in [-0.39, 0.29) is 28.6 Å². The summed E-state index contributed by atoms with van der Waals surface area (Å²) in [4.78, 5) is 15.0. The van der Waals surface area contributed by atoms with Gasteiger partial charge in [0.25, 0.3) is 0 Å². The summed E-state index contributed by atoms with van der Waals surface area (Å²) in [6.07, 6.45) is 2.07. The molecule has 1 amide bonds. The third-order valence-corrected chi connectivity index (χ3v) is 3.94. The number of rotatable bonds is 4. The molecule has 1 atom stereocenters. The van der Waals surface area contributed by atoms with Crippen LogP contribution in [0.5, 0.6) is 0 Å². The smallest absolute Gasteiger partial charge is 0.237 e. The molecule has 0 aromatic carbocycles. The number of likely N-dealkylation sites (tertiary alicyclic amines) is 1. The monoisotopic (exact) mass is 297 g/mol. The summed E-state index contributed by atoms with van der Waals surface area (Å²) >= 11 is 0. The molecule has 0 spiro atoms. The molecule has 4 nitrogen and oxygen atoms in total. The van der Waals surface area contributed by atoms with E-state index >= 15 is 0 Å². The Morgan fingerprint density at radius 1 is 1.10 bits per heavy atom. The van der Waals surface area contributed by atoms with Crippen LogP contribution in [-0.2, 0) is 4.79 Å². The Morgan fingerprint density at radius 2 is 1.67 bits per heavy atom. The van der Waals surface area contributed by atoms with Gasteiger partial charge in [0, 0.05) is 23.2 Å². The summed E-state index contributed by atoms with van der Waals surface area (Å²) < 4.78 is 0. The lowest BCUT2D eigenvalue weighted by molar-refractivity contribution is -0.128. The first-order chi connectivity index (χ1) is 9.32. The van der Waals surface area contributed by atoms with Crippen molar-refractivity contribution in [3.63, 3.8) is 0 Å². The van der Waals surface area contributed by atoms with E-state index in [0.717, 1.165) is 25.9 Å². The quantitative estimate of drug-likeness (QED) is 0.838. The Hall–Kier alpha value is -0.610. The van der Waals surface area contributed by atoms with Gasteiger partial charge in [-0.25, -0.2) is 0 Å². The van der Waals surface area contributed by atoms with Gasteiger partial charge in [0.1, 0.15) is 0 Å². The van der Waals surface area contributed by atoms with E-state index in [1.165, 1.54) is 0 Å². The highest BCUT2D eigenvalue weighted by atomic mass is 16.2. The van der Waals surface area contributed by atoms with Crippen molar-refractivity contribution >= 4 is 5.91 Å². The van der Waals surface area contributed by atoms with Gasteiger partial charge >= 0.3 is 0 Å². The van der Waals surface area contributed by atoms with Gasteiger partial charge in [0.15, 0.2) is 0 Å². The maximum absolute atomic E-state index is 12.7. The van der Waals surface area contributed by atoms with Crippen LogP contribution in [0, 0.1) is 0 Å². The largest absolute Gasteiger partial charge is 0.349 e. The van der Waals surface area contributed by atoms with Crippen LogP contribution in [-0.4, -0.2) is 46.6 Å². The molecule has 1 fully saturated rings. The summed E-state index contributed by atoms with van der Waals surface area (Å²) in [5, 5.41) is 6.70. The van der Waals surface area contributed by atoms with Crippen LogP contribution in [0.15, 0.2) is 0 Å². The lowest BCUT2D eigenvalue weighted by Crippen LogP contribution is -2.59. The number of nitrogens with zero attached hydrogens (tertiary/aromatic N) is 1. The number of carbonyl (C=O) groups excluding carboxylic acids is 1. The van der Waals surface area contributed by atoms with Gasteiger partial charge in [-0.2, -0.15) is 0 Å². The molecule has 21 heavy (non-hydrogen) atoms. The van der Waals surface area contributed by atoms with Crippen molar-refractivity contribution in [1.82, 2.24) is 15.5 Å². The normalized spacial score (nSPS) is 21.6. The maximum atomic E-state index is 12.7. The summed E-state index contributed by atoms with van der Waals surface area (Å²) in [5.74, 6) is 0.170. The van der Waals surface area contributed by atoms with Crippen molar-refractivity contribution < 1.29 is 4.79 Å². The molecule has 1 aliphatic rings. The van der Waals surface area contributed by atoms with Crippen molar-refractivity contribution in [1.29, 1.82) is 0 Å². The molecule has 0 bridgehead atoms. The predicted octanol–water partition coefficient (Wildman–Crippen LogP) is 2.53. The summed E-state index contributed by atoms with van der Waals surface area (Å²) in [6.45, 7) is 18.9. The van der Waals surface area contributed by atoms with E-state index in [2.05, 4.69) is 70.9 Å². The van der Waals surface area contributed by atoms with Crippen molar-refractivity contribution in [3.8, 4) is 0 Å². The first-order valence-electron chi connectivity index (χ1n) is 8.16. The molecule has 0 radical (unpaired) electrons. The maximum Gasteiger partial charge on any atom is 0.237 e. The van der Waals surface area contributed by atoms with Crippen molar-refractivity contribution in [2.75, 3.05) is 13.1 Å². The molecule has 124 valence electrons. The summed E-state index contributed by atoms with van der Waals surface area (Å²) in [5.41, 5.74) is -0.129. The lowest BCUT2D eigenvalue weighted by Gasteiger charge is -2.38. The summed E-state index contributed by atoms with van der Waals surface area (Å²) in [6, 6.07) is 0.0129. The number of hydrogen-bond acceptors (Lipinski definition) is 3. The molecule has 1 saturated heterocycles. The van der Waals surface area contributed by atoms with Crippen LogP contribution in [0.3, 0.4) is 0 Å². The second-order valence-corrected chi connectivity index (χ2v) is 9.00. The molecule has 1 unspecified atom stereocenters. The molecule has 1 heterocycles. The topological polar surface area (TPSA) is 44.4 Å². The lowest BCUT2D eigenvalue weighted by atomic mass is 10.00. The minimum atomic E-state index is -0.240. The Labute approximate surface area is 131 Å². The third kappa shape index (κ3) is 5.95. The van der Waals surface area contributed by atoms with Crippen LogP contribution in [0.1, 0.15) is 68.2 Å². The molecule has 2 N–H and O–H groups in total. The molecule has 0 aliphatic carbocycles. The van der Waals surface area contributed by atoms with Crippen LogP contribution < -0.4 is 10.6 Å². The Balaban J connectivity index is 2.63. The third-order valence-electron chi connectivity index (χ3n) is 3.94. The van der Waals surface area contributed by atoms with Crippen molar-refractivity contribution in [2.45, 2.75) is 90.9 Å². The standard InChI is InChI=1S/C17H35N3O/c1-15(2,3)18-12-17(7,8)19-14(21)13-10-9-11-20(13)16(4,5)6/h13,18H,9-12H2,1-8H3,(H,19,21). The molecule has 0 saturated carbocycles. The molecular weight excluding hydrogens is 262 g/mol. The van der Waals surface area contributed by atoms with Gasteiger partial charge in [-0.15, -0.1) is 0 Å². The fraction of sp³-hybridized carbons (Fsp3) is 0.941. The minimum absolute atomic E-state index is 0.0129. The number of amides is 1. The zero-order valence-corrected chi connectivity index (χ0v) is 15.3. The second-order valence-electron chi connectivity index (χ2n) is 9.00. The molecule has 0 aromatic heterocycles. The van der Waals surface area contributed by atoms with E-state index in [4.69, 9.17) is 0 Å². The summed E-state index contributed by atoms with van der Waals surface area (Å²) in [7, 11) is 0. The Bertz CT molecular complexity index is 363. The van der Waals surface area contributed by atoms with Crippen molar-refractivity contribution in [3.05, 3.63) is 0 Å². The van der Waals surface area contributed by atoms with Gasteiger partial charge in [-0.3, -0.25) is 9.69 Å². The first-order valence-corrected chi connectivity index (χ1v) is 8.16. The van der Waals surface area contributed by atoms with Gasteiger partial charge in [-0.05, 0) is 74.8 Å². The van der Waals surface area contributed by atoms with E-state index in [1.54, 1.807) is 0 Å². The molecule has 4 heteroatoms. The highest BCUT2D eigenvalue weighted by Gasteiger charge is 2.38. The Morgan fingerprint density at radius 3 is 2.14 bits per heavy atom. The van der Waals surface area contributed by atoms with E-state index in [9.17, 15) is 4.79 Å². The fourth-order valence-corrected chi connectivity index (χ4v) is 2.79.